The number of fused-ring (bicyclic) bond motifs is 6. The molecule has 4 nitrogen and oxygen atoms in total. The van der Waals surface area contributed by atoms with E-state index in [2.05, 4.69) is 205 Å². The van der Waals surface area contributed by atoms with Crippen molar-refractivity contribution in [1.29, 1.82) is 0 Å². The molecule has 0 unspecified atom stereocenters. The second-order valence-electron chi connectivity index (χ2n) is 15.6. The van der Waals surface area contributed by atoms with E-state index < -0.39 is 0 Å². The molecule has 0 spiro atoms. The first-order valence-electron chi connectivity index (χ1n) is 20.8. The van der Waals surface area contributed by atoms with Crippen LogP contribution in [0, 0.1) is 0 Å². The number of benzene rings is 8. The van der Waals surface area contributed by atoms with E-state index >= 15 is 0 Å². The summed E-state index contributed by atoms with van der Waals surface area (Å²) in [5, 5.41) is 10.4. The van der Waals surface area contributed by atoms with Crippen molar-refractivity contribution in [1.82, 2.24) is 19.6 Å². The molecular weight excluding hydrogens is 773 g/mol. The normalized spacial score (nSPS) is 11.5. The average Bonchev–Trinajstić information content (AvgIpc) is 3.94. The summed E-state index contributed by atoms with van der Waals surface area (Å²) in [6.45, 7) is 0. The van der Waals surface area contributed by atoms with E-state index in [0.717, 1.165) is 78.0 Å². The van der Waals surface area contributed by atoms with Gasteiger partial charge in [-0.2, -0.15) is 5.10 Å². The van der Waals surface area contributed by atoms with E-state index in [9.17, 15) is 0 Å². The second-order valence-corrected chi connectivity index (χ2v) is 16.7. The minimum absolute atomic E-state index is 0.683. The number of hydrogen-bond donors (Lipinski definition) is 0. The van der Waals surface area contributed by atoms with Gasteiger partial charge in [-0.1, -0.05) is 188 Å². The summed E-state index contributed by atoms with van der Waals surface area (Å²) in [4.78, 5) is 10.4. The quantitative estimate of drug-likeness (QED) is 0.161. The van der Waals surface area contributed by atoms with Crippen molar-refractivity contribution in [3.05, 3.63) is 218 Å². The number of thiophene rings is 1. The minimum atomic E-state index is 0.683. The predicted octanol–water partition coefficient (Wildman–Crippen LogP) is 15.3. The van der Waals surface area contributed by atoms with Crippen LogP contribution >= 0.6 is 11.3 Å². The highest BCUT2D eigenvalue weighted by molar-refractivity contribution is 7.25. The van der Waals surface area contributed by atoms with Gasteiger partial charge in [-0.05, 0) is 52.4 Å². The zero-order valence-electron chi connectivity index (χ0n) is 33.5. The highest BCUT2D eigenvalue weighted by Crippen LogP contribution is 2.42. The van der Waals surface area contributed by atoms with E-state index in [4.69, 9.17) is 15.1 Å². The number of rotatable bonds is 7. The van der Waals surface area contributed by atoms with Crippen LogP contribution in [0.4, 0.5) is 0 Å². The maximum Gasteiger partial charge on any atom is 0.160 e. The minimum Gasteiger partial charge on any atom is -0.231 e. The van der Waals surface area contributed by atoms with Crippen LogP contribution in [0.1, 0.15) is 0 Å². The van der Waals surface area contributed by atoms with Crippen LogP contribution < -0.4 is 0 Å². The molecule has 0 radical (unpaired) electrons. The van der Waals surface area contributed by atoms with Gasteiger partial charge in [0.1, 0.15) is 5.69 Å². The molecule has 0 aliphatic heterocycles. The maximum atomic E-state index is 5.44. The molecule has 62 heavy (non-hydrogen) atoms. The van der Waals surface area contributed by atoms with Crippen molar-refractivity contribution in [3.63, 3.8) is 0 Å². The molecule has 12 aromatic rings. The summed E-state index contributed by atoms with van der Waals surface area (Å²) in [5.41, 5.74) is 14.5. The SMILES string of the molecule is c1ccc(-c2nc(-c3ccc(-c4ccc5c(c4)sc4ccccc45)cc3)cc(-c3cccc(-c4cc5ccccc5c5c(-c6ccccc6)c(-c6ccccc6)nn45)c3)n2)cc1. The number of hydrogen-bond acceptors (Lipinski definition) is 4. The second kappa shape index (κ2) is 14.9. The first-order valence-corrected chi connectivity index (χ1v) is 21.7. The van der Waals surface area contributed by atoms with Gasteiger partial charge >= 0.3 is 0 Å². The molecule has 8 aromatic carbocycles. The van der Waals surface area contributed by atoms with Gasteiger partial charge < -0.3 is 0 Å². The fourth-order valence-corrected chi connectivity index (χ4v) is 9.95. The Morgan fingerprint density at radius 3 is 1.71 bits per heavy atom. The van der Waals surface area contributed by atoms with Crippen molar-refractivity contribution >= 4 is 47.8 Å². The molecule has 0 bridgehead atoms. The van der Waals surface area contributed by atoms with E-state index in [-0.39, 0.29) is 0 Å². The van der Waals surface area contributed by atoms with Crippen molar-refractivity contribution in [2.45, 2.75) is 0 Å². The summed E-state index contributed by atoms with van der Waals surface area (Å²) >= 11 is 1.85. The van der Waals surface area contributed by atoms with Crippen molar-refractivity contribution in [2.24, 2.45) is 0 Å². The van der Waals surface area contributed by atoms with Gasteiger partial charge in [0.15, 0.2) is 5.82 Å². The summed E-state index contributed by atoms with van der Waals surface area (Å²) in [6.07, 6.45) is 0. The van der Waals surface area contributed by atoms with Crippen LogP contribution in [-0.2, 0) is 0 Å². The lowest BCUT2D eigenvalue weighted by molar-refractivity contribution is 0.979. The predicted molar refractivity (Wildman–Crippen MR) is 259 cm³/mol. The van der Waals surface area contributed by atoms with Gasteiger partial charge in [-0.3, -0.25) is 0 Å². The molecule has 4 aromatic heterocycles. The Bertz CT molecular complexity index is 3610. The van der Waals surface area contributed by atoms with Gasteiger partial charge in [0.05, 0.1) is 22.6 Å². The summed E-state index contributed by atoms with van der Waals surface area (Å²) in [7, 11) is 0. The smallest absolute Gasteiger partial charge is 0.160 e. The summed E-state index contributed by atoms with van der Waals surface area (Å²) in [6, 6.07) is 77.3. The van der Waals surface area contributed by atoms with E-state index in [1.54, 1.807) is 0 Å². The molecule has 5 heteroatoms. The largest absolute Gasteiger partial charge is 0.231 e. The summed E-state index contributed by atoms with van der Waals surface area (Å²) < 4.78 is 4.76. The lowest BCUT2D eigenvalue weighted by Gasteiger charge is -2.13. The highest BCUT2D eigenvalue weighted by Gasteiger charge is 2.22. The van der Waals surface area contributed by atoms with Crippen LogP contribution in [0.5, 0.6) is 0 Å². The topological polar surface area (TPSA) is 43.1 Å². The maximum absolute atomic E-state index is 5.44. The van der Waals surface area contributed by atoms with Crippen LogP contribution in [-0.4, -0.2) is 19.6 Å². The Balaban J connectivity index is 0.990. The Hall–Kier alpha value is -7.99. The van der Waals surface area contributed by atoms with Crippen LogP contribution in [0.3, 0.4) is 0 Å². The van der Waals surface area contributed by atoms with E-state index in [1.807, 2.05) is 29.5 Å². The Morgan fingerprint density at radius 2 is 0.935 bits per heavy atom. The number of nitrogens with zero attached hydrogens (tertiary/aromatic N) is 4. The molecule has 12 rings (SSSR count). The van der Waals surface area contributed by atoms with E-state index in [0.29, 0.717) is 5.82 Å². The van der Waals surface area contributed by atoms with Crippen LogP contribution in [0.25, 0.3) is 115 Å². The van der Waals surface area contributed by atoms with Crippen molar-refractivity contribution in [3.8, 4) is 78.7 Å². The Kier molecular flexibility index (Phi) is 8.65. The Labute approximate surface area is 362 Å². The van der Waals surface area contributed by atoms with Gasteiger partial charge in [-0.25, -0.2) is 14.5 Å². The van der Waals surface area contributed by atoms with Crippen LogP contribution in [0.15, 0.2) is 218 Å². The highest BCUT2D eigenvalue weighted by atomic mass is 32.1. The monoisotopic (exact) mass is 808 g/mol. The molecular formula is C57H36N4S. The average molecular weight is 809 g/mol. The third kappa shape index (κ3) is 6.26. The molecule has 0 atom stereocenters. The van der Waals surface area contributed by atoms with Gasteiger partial charge in [0.25, 0.3) is 0 Å². The van der Waals surface area contributed by atoms with Crippen molar-refractivity contribution < 1.29 is 0 Å². The number of pyridine rings is 1. The molecule has 0 fully saturated rings. The van der Waals surface area contributed by atoms with Crippen LogP contribution in [0.2, 0.25) is 0 Å². The fourth-order valence-electron chi connectivity index (χ4n) is 8.81. The number of aromatic nitrogens is 4. The zero-order chi connectivity index (χ0) is 41.0. The first-order chi connectivity index (χ1) is 30.7. The molecule has 0 amide bonds. The summed E-state index contributed by atoms with van der Waals surface area (Å²) in [5.74, 6) is 0.683. The third-order valence-electron chi connectivity index (χ3n) is 11.8. The molecule has 0 saturated heterocycles. The zero-order valence-corrected chi connectivity index (χ0v) is 34.3. The molecule has 0 aliphatic carbocycles. The van der Waals surface area contributed by atoms with Gasteiger partial charge in [0.2, 0.25) is 0 Å². The van der Waals surface area contributed by atoms with Gasteiger partial charge in [0, 0.05) is 58.9 Å². The standard InChI is InChI=1S/C57H36N4S/c1-4-15-39(16-5-1)54-55(40-17-6-2-7-18-40)60-61-51(34-43-21-10-11-24-46(43)56(54)61)45-23-14-22-44(33-45)50-36-49(58-57(59-50)41-19-8-3-9-20-41)38-29-27-37(28-30-38)42-31-32-48-47-25-12-13-26-52(47)62-53(48)35-42/h1-36H. The molecule has 0 aliphatic rings. The van der Waals surface area contributed by atoms with Gasteiger partial charge in [-0.15, -0.1) is 11.3 Å². The fraction of sp³-hybridized carbons (Fsp3) is 0. The molecule has 4 heterocycles. The first kappa shape index (κ1) is 35.9. The van der Waals surface area contributed by atoms with Crippen molar-refractivity contribution in [2.75, 3.05) is 0 Å². The third-order valence-corrected chi connectivity index (χ3v) is 13.0. The Morgan fingerprint density at radius 1 is 0.355 bits per heavy atom. The lowest BCUT2D eigenvalue weighted by Crippen LogP contribution is -1.98. The molecule has 0 N–H and O–H groups in total. The molecule has 290 valence electrons. The van der Waals surface area contributed by atoms with E-state index in [1.165, 1.54) is 31.3 Å². The molecule has 0 saturated carbocycles. The lowest BCUT2D eigenvalue weighted by atomic mass is 9.96.